The lowest BCUT2D eigenvalue weighted by Gasteiger charge is -2.04. The summed E-state index contributed by atoms with van der Waals surface area (Å²) in [5.74, 6) is 0.905. The van der Waals surface area contributed by atoms with Crippen LogP contribution in [0.3, 0.4) is 0 Å². The quantitative estimate of drug-likeness (QED) is 0.599. The molecule has 0 saturated carbocycles. The Kier molecular flexibility index (Phi) is 3.63. The minimum atomic E-state index is -0.376. The van der Waals surface area contributed by atoms with Crippen LogP contribution in [0.15, 0.2) is 40.9 Å². The topological polar surface area (TPSA) is 42.2 Å². The Hall–Kier alpha value is -2.32. The van der Waals surface area contributed by atoms with Crippen LogP contribution in [-0.4, -0.2) is 6.79 Å². The molecular weight excluding hydrogens is 337 g/mol. The molecular formula is C16H9BrFNO2. The zero-order valence-corrected chi connectivity index (χ0v) is 12.4. The summed E-state index contributed by atoms with van der Waals surface area (Å²) in [4.78, 5) is 0. The largest absolute Gasteiger partial charge is 0.454 e. The standard InChI is InChI=1S/C16H9BrFNO2/c17-14-7-16-15(20-9-21-16)6-11(14)4-12(8-19)10-2-1-3-13(18)5-10/h1-7H,9H2. The summed E-state index contributed by atoms with van der Waals surface area (Å²) in [5.41, 5.74) is 1.66. The molecule has 0 N–H and O–H groups in total. The maximum atomic E-state index is 13.3. The van der Waals surface area contributed by atoms with Crippen LogP contribution >= 0.6 is 15.9 Å². The van der Waals surface area contributed by atoms with Gasteiger partial charge in [-0.15, -0.1) is 0 Å². The van der Waals surface area contributed by atoms with E-state index in [9.17, 15) is 9.65 Å². The van der Waals surface area contributed by atoms with E-state index in [0.717, 1.165) is 10.0 Å². The number of nitriles is 1. The summed E-state index contributed by atoms with van der Waals surface area (Å²) in [6, 6.07) is 11.6. The minimum Gasteiger partial charge on any atom is -0.454 e. The van der Waals surface area contributed by atoms with Gasteiger partial charge < -0.3 is 9.47 Å². The van der Waals surface area contributed by atoms with Crippen LogP contribution in [0, 0.1) is 17.1 Å². The Balaban J connectivity index is 2.06. The van der Waals surface area contributed by atoms with Gasteiger partial charge in [0.05, 0.1) is 11.6 Å². The number of nitrogens with zero attached hydrogens (tertiary/aromatic N) is 1. The van der Waals surface area contributed by atoms with Gasteiger partial charge in [0.1, 0.15) is 5.82 Å². The lowest BCUT2D eigenvalue weighted by Crippen LogP contribution is -1.92. The molecule has 2 aromatic rings. The van der Waals surface area contributed by atoms with E-state index in [1.807, 2.05) is 0 Å². The molecule has 3 rings (SSSR count). The number of halogens is 2. The van der Waals surface area contributed by atoms with Crippen LogP contribution in [0.25, 0.3) is 11.6 Å². The molecule has 5 heteroatoms. The van der Waals surface area contributed by atoms with E-state index in [-0.39, 0.29) is 12.6 Å². The fraction of sp³-hybridized carbons (Fsp3) is 0.0625. The third-order valence-corrected chi connectivity index (χ3v) is 3.73. The predicted octanol–water partition coefficient (Wildman–Crippen LogP) is 4.38. The van der Waals surface area contributed by atoms with Crippen molar-refractivity contribution in [3.05, 3.63) is 57.8 Å². The zero-order chi connectivity index (χ0) is 14.8. The Morgan fingerprint density at radius 2 is 2.00 bits per heavy atom. The van der Waals surface area contributed by atoms with Gasteiger partial charge in [-0.25, -0.2) is 4.39 Å². The van der Waals surface area contributed by atoms with Gasteiger partial charge in [0.25, 0.3) is 0 Å². The predicted molar refractivity (Wildman–Crippen MR) is 80.1 cm³/mol. The van der Waals surface area contributed by atoms with Crippen molar-refractivity contribution in [1.29, 1.82) is 5.26 Å². The average molecular weight is 346 g/mol. The molecule has 0 radical (unpaired) electrons. The maximum Gasteiger partial charge on any atom is 0.231 e. The van der Waals surface area contributed by atoms with E-state index in [2.05, 4.69) is 22.0 Å². The first-order valence-corrected chi connectivity index (χ1v) is 6.93. The van der Waals surface area contributed by atoms with Crippen molar-refractivity contribution in [2.45, 2.75) is 0 Å². The van der Waals surface area contributed by atoms with Crippen molar-refractivity contribution < 1.29 is 13.9 Å². The molecule has 1 aliphatic heterocycles. The van der Waals surface area contributed by atoms with Gasteiger partial charge in [0.2, 0.25) is 6.79 Å². The van der Waals surface area contributed by atoms with E-state index in [0.29, 0.717) is 22.6 Å². The molecule has 104 valence electrons. The Bertz CT molecular complexity index is 780. The maximum absolute atomic E-state index is 13.3. The number of ether oxygens (including phenoxy) is 2. The lowest BCUT2D eigenvalue weighted by molar-refractivity contribution is 0.174. The molecule has 0 saturated heterocycles. The van der Waals surface area contributed by atoms with E-state index >= 15 is 0 Å². The lowest BCUT2D eigenvalue weighted by atomic mass is 10.0. The van der Waals surface area contributed by atoms with Gasteiger partial charge in [0, 0.05) is 4.47 Å². The highest BCUT2D eigenvalue weighted by Crippen LogP contribution is 2.38. The minimum absolute atomic E-state index is 0.184. The van der Waals surface area contributed by atoms with Crippen LogP contribution in [0.4, 0.5) is 4.39 Å². The van der Waals surface area contributed by atoms with Crippen LogP contribution < -0.4 is 9.47 Å². The summed E-state index contributed by atoms with van der Waals surface area (Å²) in [6.45, 7) is 0.184. The molecule has 1 aliphatic rings. The molecule has 1 heterocycles. The van der Waals surface area contributed by atoms with E-state index < -0.39 is 0 Å². The number of benzene rings is 2. The van der Waals surface area contributed by atoms with E-state index in [4.69, 9.17) is 9.47 Å². The molecule has 0 bridgehead atoms. The molecule has 0 amide bonds. The van der Waals surface area contributed by atoms with Crippen molar-refractivity contribution >= 4 is 27.6 Å². The second kappa shape index (κ2) is 5.58. The van der Waals surface area contributed by atoms with Gasteiger partial charge in [-0.1, -0.05) is 28.1 Å². The van der Waals surface area contributed by atoms with E-state index in [1.165, 1.54) is 12.1 Å². The second-order valence-electron chi connectivity index (χ2n) is 4.41. The third kappa shape index (κ3) is 2.76. The van der Waals surface area contributed by atoms with Crippen LogP contribution in [0.5, 0.6) is 11.5 Å². The average Bonchev–Trinajstić information content (AvgIpc) is 2.91. The molecule has 0 atom stereocenters. The second-order valence-corrected chi connectivity index (χ2v) is 5.26. The van der Waals surface area contributed by atoms with Gasteiger partial charge in [0.15, 0.2) is 11.5 Å². The van der Waals surface area contributed by atoms with Crippen LogP contribution in [0.1, 0.15) is 11.1 Å². The highest BCUT2D eigenvalue weighted by Gasteiger charge is 2.16. The smallest absolute Gasteiger partial charge is 0.231 e. The third-order valence-electron chi connectivity index (χ3n) is 3.05. The van der Waals surface area contributed by atoms with Crippen molar-refractivity contribution in [2.75, 3.05) is 6.79 Å². The van der Waals surface area contributed by atoms with E-state index in [1.54, 1.807) is 30.3 Å². The molecule has 0 aliphatic carbocycles. The summed E-state index contributed by atoms with van der Waals surface area (Å²) < 4.78 is 24.7. The SMILES string of the molecule is N#CC(=Cc1cc2c(cc1Br)OCO2)c1cccc(F)c1. The Labute approximate surface area is 129 Å². The zero-order valence-electron chi connectivity index (χ0n) is 10.8. The highest BCUT2D eigenvalue weighted by molar-refractivity contribution is 9.10. The number of fused-ring (bicyclic) bond motifs is 1. The van der Waals surface area contributed by atoms with Gasteiger partial charge in [-0.05, 0) is 41.5 Å². The monoisotopic (exact) mass is 345 g/mol. The fourth-order valence-electron chi connectivity index (χ4n) is 2.04. The highest BCUT2D eigenvalue weighted by atomic mass is 79.9. The number of rotatable bonds is 2. The fourth-order valence-corrected chi connectivity index (χ4v) is 2.47. The molecule has 3 nitrogen and oxygen atoms in total. The first kappa shape index (κ1) is 13.7. The first-order chi connectivity index (χ1) is 10.2. The van der Waals surface area contributed by atoms with Crippen molar-refractivity contribution in [3.63, 3.8) is 0 Å². The normalized spacial score (nSPS) is 13.1. The van der Waals surface area contributed by atoms with Gasteiger partial charge in [-0.2, -0.15) is 5.26 Å². The van der Waals surface area contributed by atoms with Crippen molar-refractivity contribution in [2.24, 2.45) is 0 Å². The summed E-state index contributed by atoms with van der Waals surface area (Å²) in [7, 11) is 0. The Morgan fingerprint density at radius 3 is 2.71 bits per heavy atom. The molecule has 0 spiro atoms. The number of hydrogen-bond donors (Lipinski definition) is 0. The molecule has 2 aromatic carbocycles. The molecule has 0 unspecified atom stereocenters. The van der Waals surface area contributed by atoms with Crippen LogP contribution in [0.2, 0.25) is 0 Å². The van der Waals surface area contributed by atoms with Gasteiger partial charge in [-0.3, -0.25) is 0 Å². The number of hydrogen-bond acceptors (Lipinski definition) is 3. The molecule has 0 fully saturated rings. The van der Waals surface area contributed by atoms with Crippen molar-refractivity contribution in [3.8, 4) is 17.6 Å². The molecule has 0 aromatic heterocycles. The number of allylic oxidation sites excluding steroid dienone is 1. The first-order valence-electron chi connectivity index (χ1n) is 6.14. The van der Waals surface area contributed by atoms with Crippen LogP contribution in [-0.2, 0) is 0 Å². The summed E-state index contributed by atoms with van der Waals surface area (Å²) in [6.07, 6.45) is 1.68. The molecule has 21 heavy (non-hydrogen) atoms. The van der Waals surface area contributed by atoms with Gasteiger partial charge >= 0.3 is 0 Å². The summed E-state index contributed by atoms with van der Waals surface area (Å²) in [5, 5.41) is 9.30. The van der Waals surface area contributed by atoms with Crippen molar-refractivity contribution in [1.82, 2.24) is 0 Å². The Morgan fingerprint density at radius 1 is 1.24 bits per heavy atom. The summed E-state index contributed by atoms with van der Waals surface area (Å²) >= 11 is 3.43.